The Morgan fingerprint density at radius 1 is 0.366 bits per heavy atom. The maximum Gasteiger partial charge on any atom is 0.206 e. The highest BCUT2D eigenvalue weighted by Crippen LogP contribution is 2.41. The van der Waals surface area contributed by atoms with Crippen molar-refractivity contribution in [3.63, 3.8) is 0 Å². The van der Waals surface area contributed by atoms with E-state index in [1.165, 1.54) is 152 Å². The van der Waals surface area contributed by atoms with Crippen molar-refractivity contribution in [2.24, 2.45) is 17.8 Å². The van der Waals surface area contributed by atoms with Crippen molar-refractivity contribution in [1.82, 2.24) is 0 Å². The number of fused-ring (bicyclic) bond motifs is 2. The lowest BCUT2D eigenvalue weighted by Crippen LogP contribution is -2.82. The summed E-state index contributed by atoms with van der Waals surface area (Å²) in [5.74, 6) is 2.21. The Hall–Kier alpha value is -7.18. The Bertz CT molecular complexity index is 3140. The monoisotopic (exact) mass is 1090 g/mol. The molecule has 82 heavy (non-hydrogen) atoms. The Morgan fingerprint density at radius 2 is 0.695 bits per heavy atom. The molecule has 6 aromatic carbocycles. The average Bonchev–Trinajstić information content (AvgIpc) is 3.62. The van der Waals surface area contributed by atoms with E-state index in [-0.39, 0.29) is 0 Å². The molecule has 0 radical (unpaired) electrons. The molecule has 6 aromatic rings. The van der Waals surface area contributed by atoms with Crippen LogP contribution in [0.25, 0.3) is 22.3 Å². The van der Waals surface area contributed by atoms with Crippen LogP contribution in [0.15, 0.2) is 170 Å². The van der Waals surface area contributed by atoms with Gasteiger partial charge < -0.3 is 19.6 Å². The summed E-state index contributed by atoms with van der Waals surface area (Å²) in [6.45, 7) is 28.4. The second-order valence-corrected chi connectivity index (χ2v) is 23.5. The summed E-state index contributed by atoms with van der Waals surface area (Å²) >= 11 is 0. The average molecular weight is 1090 g/mol. The Balaban J connectivity index is 0.827. The first-order valence-electron chi connectivity index (χ1n) is 31.9. The smallest absolute Gasteiger partial charge is 0.206 e. The number of anilines is 4. The molecule has 0 amide bonds. The number of rotatable bonds is 20. The maximum atomic E-state index is 4.16. The number of nitrogens with one attached hydrogen (secondary N) is 2. The zero-order valence-corrected chi connectivity index (χ0v) is 51.2. The summed E-state index contributed by atoms with van der Waals surface area (Å²) in [4.78, 5) is 18.0. The molecule has 2 fully saturated rings. The summed E-state index contributed by atoms with van der Waals surface area (Å²) in [6, 6.07) is 56.3. The van der Waals surface area contributed by atoms with Crippen molar-refractivity contribution in [3.05, 3.63) is 214 Å². The largest absolute Gasteiger partial charge is 0.372 e. The summed E-state index contributed by atoms with van der Waals surface area (Å²) in [5, 5.41) is 0. The van der Waals surface area contributed by atoms with Crippen LogP contribution in [0.1, 0.15) is 158 Å². The molecule has 426 valence electrons. The van der Waals surface area contributed by atoms with E-state index in [1.807, 2.05) is 0 Å². The highest BCUT2D eigenvalue weighted by molar-refractivity contribution is 6.18. The number of allylic oxidation sites excluding steroid dienone is 6. The molecule has 0 aliphatic heterocycles. The molecule has 6 nitrogen and oxygen atoms in total. The molecule has 2 N–H and O–H groups in total. The van der Waals surface area contributed by atoms with Crippen molar-refractivity contribution in [2.45, 2.75) is 126 Å². The fourth-order valence-electron chi connectivity index (χ4n) is 14.3. The first-order valence-corrected chi connectivity index (χ1v) is 31.9. The van der Waals surface area contributed by atoms with E-state index in [1.54, 1.807) is 0 Å². The van der Waals surface area contributed by atoms with Gasteiger partial charge in [-0.2, -0.15) is 0 Å². The number of nitrogens with zero attached hydrogens (tertiary/aromatic N) is 4. The third-order valence-electron chi connectivity index (χ3n) is 19.0. The second kappa shape index (κ2) is 27.3. The molecule has 4 aliphatic carbocycles. The number of hydrogen-bond acceptors (Lipinski definition) is 4. The van der Waals surface area contributed by atoms with Gasteiger partial charge in [-0.25, -0.2) is 9.98 Å². The molecule has 4 aliphatic rings. The molecule has 6 heteroatoms. The van der Waals surface area contributed by atoms with Crippen molar-refractivity contribution in [3.8, 4) is 0 Å². The van der Waals surface area contributed by atoms with Crippen molar-refractivity contribution in [2.75, 3.05) is 72.0 Å². The van der Waals surface area contributed by atoms with E-state index in [0.29, 0.717) is 18.0 Å². The van der Waals surface area contributed by atoms with Gasteiger partial charge in [-0.3, -0.25) is 0 Å². The summed E-state index contributed by atoms with van der Waals surface area (Å²) in [5.41, 5.74) is 23.0. The molecule has 3 atom stereocenters. The molecule has 0 saturated heterocycles. The lowest BCUT2D eigenvalue weighted by Gasteiger charge is -2.33. The van der Waals surface area contributed by atoms with E-state index >= 15 is 0 Å². The van der Waals surface area contributed by atoms with Gasteiger partial charge in [-0.15, -0.1) is 0 Å². The van der Waals surface area contributed by atoms with Crippen LogP contribution in [0.3, 0.4) is 0 Å². The van der Waals surface area contributed by atoms with Crippen LogP contribution in [-0.4, -0.2) is 75.9 Å². The van der Waals surface area contributed by atoms with Gasteiger partial charge in [0.1, 0.15) is 0 Å². The van der Waals surface area contributed by atoms with Crippen molar-refractivity contribution >= 4 is 56.5 Å². The van der Waals surface area contributed by atoms with Gasteiger partial charge in [0, 0.05) is 112 Å². The molecular weight excluding hydrogens is 997 g/mol. The maximum absolute atomic E-state index is 4.16. The molecule has 0 spiro atoms. The van der Waals surface area contributed by atoms with Gasteiger partial charge in [-0.05, 0) is 228 Å². The molecule has 3 unspecified atom stereocenters. The molecule has 10 rings (SSSR count). The zero-order chi connectivity index (χ0) is 57.1. The van der Waals surface area contributed by atoms with E-state index < -0.39 is 0 Å². The minimum absolute atomic E-state index is 0.459. The second-order valence-electron chi connectivity index (χ2n) is 23.5. The molecule has 0 aromatic heterocycles. The van der Waals surface area contributed by atoms with Gasteiger partial charge in [0.25, 0.3) is 0 Å². The van der Waals surface area contributed by atoms with E-state index in [2.05, 4.69) is 262 Å². The minimum atomic E-state index is 0.459. The Kier molecular flexibility index (Phi) is 19.3. The molecule has 0 heterocycles. The fourth-order valence-corrected chi connectivity index (χ4v) is 14.3. The first-order chi connectivity index (χ1) is 40.2. The van der Waals surface area contributed by atoms with Crippen LogP contribution in [0, 0.1) is 17.8 Å². The zero-order valence-electron chi connectivity index (χ0n) is 51.2. The van der Waals surface area contributed by atoms with Crippen LogP contribution in [0.5, 0.6) is 0 Å². The Morgan fingerprint density at radius 3 is 1.04 bits per heavy atom. The number of benzene rings is 6. The lowest BCUT2D eigenvalue weighted by atomic mass is 9.72. The number of hydrogen-bond donors (Lipinski definition) is 2. The molecular formula is C76H94N6+2. The van der Waals surface area contributed by atoms with Gasteiger partial charge in [0.05, 0.1) is 11.1 Å². The third-order valence-corrected chi connectivity index (χ3v) is 19.0. The van der Waals surface area contributed by atoms with Crippen molar-refractivity contribution < 1.29 is 9.98 Å². The SMILES string of the molecule is CCN(CC)c1ccc(C(=C2C=CC(=[NH+]C3CCC(CC4CCC([NH+]=C5C=CC(=C(c6ccc(N(CC)CC)cc6)c6ccc(N(CC)CC)cc6)c6ccccc65)C(C)C4)CC3)c3ccccc32)c2ccc(N(CC)CC)cc2)cc1. The van der Waals surface area contributed by atoms with E-state index in [9.17, 15) is 0 Å². The van der Waals surface area contributed by atoms with Crippen LogP contribution in [-0.2, 0) is 0 Å². The normalized spacial score (nSPS) is 20.4. The van der Waals surface area contributed by atoms with Gasteiger partial charge in [-0.1, -0.05) is 91.9 Å². The minimum Gasteiger partial charge on any atom is -0.372 e. The lowest BCUT2D eigenvalue weighted by molar-refractivity contribution is -0.516. The third kappa shape index (κ3) is 12.7. The highest BCUT2D eigenvalue weighted by Gasteiger charge is 2.35. The summed E-state index contributed by atoms with van der Waals surface area (Å²) in [6.07, 6.45) is 19.8. The predicted molar refractivity (Wildman–Crippen MR) is 354 cm³/mol. The van der Waals surface area contributed by atoms with Gasteiger partial charge in [0.15, 0.2) is 12.1 Å². The van der Waals surface area contributed by atoms with E-state index in [4.69, 9.17) is 0 Å². The van der Waals surface area contributed by atoms with Crippen LogP contribution in [0.4, 0.5) is 22.7 Å². The van der Waals surface area contributed by atoms with Crippen LogP contribution < -0.4 is 29.6 Å². The summed E-state index contributed by atoms with van der Waals surface area (Å²) in [7, 11) is 0. The topological polar surface area (TPSA) is 40.9 Å². The standard InChI is InChI=1S/C76H92N6/c1-10-79(11-2)62-39-29-57(30-40-62)75(58-31-41-63(42-32-58)80(12-3)13-4)70-47-50-73(68-24-20-18-22-66(68)70)77-61-37-26-55(27-38-61)53-56-28-49-72(54(9)52-56)78-74-51-48-71(67-23-19-21-25-69(67)74)76(59-33-43-64(44-34-59)81(14-5)15-6)60-35-45-65(46-36-60)82(16-7)17-8/h18-25,29-36,39-48,50-51,54-56,61,72H,10-17,26-28,37-38,49,52-53H2,1-9H3/p+2. The quantitative estimate of drug-likeness (QED) is 0.0799. The van der Waals surface area contributed by atoms with Crippen LogP contribution >= 0.6 is 0 Å². The molecule has 0 bridgehead atoms. The molecule has 2 saturated carbocycles. The Labute approximate surface area is 493 Å². The summed E-state index contributed by atoms with van der Waals surface area (Å²) < 4.78 is 0. The first kappa shape index (κ1) is 58.0. The predicted octanol–water partition coefficient (Wildman–Crippen LogP) is 14.3. The van der Waals surface area contributed by atoms with Gasteiger partial charge >= 0.3 is 0 Å². The van der Waals surface area contributed by atoms with Crippen molar-refractivity contribution in [1.29, 1.82) is 0 Å². The van der Waals surface area contributed by atoms with Gasteiger partial charge in [0.2, 0.25) is 11.4 Å². The highest BCUT2D eigenvalue weighted by atomic mass is 15.1. The van der Waals surface area contributed by atoms with E-state index in [0.717, 1.165) is 64.2 Å². The fraction of sp³-hybridized carbons (Fsp3) is 0.395. The van der Waals surface area contributed by atoms with Crippen LogP contribution in [0.2, 0.25) is 0 Å².